The van der Waals surface area contributed by atoms with Gasteiger partial charge in [-0.25, -0.2) is 18.2 Å². The Balaban J connectivity index is 1.75. The van der Waals surface area contributed by atoms with Crippen molar-refractivity contribution in [2.24, 2.45) is 0 Å². The second kappa shape index (κ2) is 7.67. The van der Waals surface area contributed by atoms with E-state index in [4.69, 9.17) is 0 Å². The molecule has 1 aromatic heterocycles. The summed E-state index contributed by atoms with van der Waals surface area (Å²) in [6, 6.07) is 10.8. The van der Waals surface area contributed by atoms with Gasteiger partial charge in [-0.15, -0.1) is 11.8 Å². The Morgan fingerprint density at radius 2 is 1.89 bits per heavy atom. The molecule has 2 N–H and O–H groups in total. The van der Waals surface area contributed by atoms with Crippen LogP contribution in [0.15, 0.2) is 52.3 Å². The SMILES string of the molecule is CSc1ccccc1C(=O)NC(=O)Nc1nc2ccc(S(C)(=O)=O)cc2s1. The van der Waals surface area contributed by atoms with E-state index < -0.39 is 21.8 Å². The summed E-state index contributed by atoms with van der Waals surface area (Å²) in [6.45, 7) is 0. The topological polar surface area (TPSA) is 105 Å². The molecule has 10 heteroatoms. The number of hydrogen-bond donors (Lipinski definition) is 2. The molecule has 1 heterocycles. The molecule has 0 radical (unpaired) electrons. The fourth-order valence-electron chi connectivity index (χ4n) is 2.32. The highest BCUT2D eigenvalue weighted by atomic mass is 32.2. The van der Waals surface area contributed by atoms with Gasteiger partial charge in [0.15, 0.2) is 15.0 Å². The number of urea groups is 1. The van der Waals surface area contributed by atoms with E-state index in [0.717, 1.165) is 22.5 Å². The number of amides is 3. The minimum atomic E-state index is -3.33. The van der Waals surface area contributed by atoms with E-state index in [9.17, 15) is 18.0 Å². The smallest absolute Gasteiger partial charge is 0.283 e. The van der Waals surface area contributed by atoms with Crippen LogP contribution in [0.25, 0.3) is 10.2 Å². The molecule has 3 aromatic rings. The maximum Gasteiger partial charge on any atom is 0.327 e. The lowest BCUT2D eigenvalue weighted by Gasteiger charge is -2.07. The first kappa shape index (κ1) is 19.3. The number of nitrogens with zero attached hydrogens (tertiary/aromatic N) is 1. The van der Waals surface area contributed by atoms with Crippen molar-refractivity contribution >= 4 is 60.2 Å². The lowest BCUT2D eigenvalue weighted by Crippen LogP contribution is -2.34. The van der Waals surface area contributed by atoms with E-state index in [2.05, 4.69) is 15.6 Å². The summed E-state index contributed by atoms with van der Waals surface area (Å²) in [4.78, 5) is 29.6. The number of aromatic nitrogens is 1. The molecule has 27 heavy (non-hydrogen) atoms. The number of hydrogen-bond acceptors (Lipinski definition) is 7. The van der Waals surface area contributed by atoms with Gasteiger partial charge in [-0.1, -0.05) is 23.5 Å². The van der Waals surface area contributed by atoms with Gasteiger partial charge in [-0.3, -0.25) is 15.4 Å². The van der Waals surface area contributed by atoms with Gasteiger partial charge in [0.1, 0.15) is 0 Å². The van der Waals surface area contributed by atoms with Gasteiger partial charge in [0, 0.05) is 11.2 Å². The molecule has 2 aromatic carbocycles. The number of benzene rings is 2. The zero-order valence-electron chi connectivity index (χ0n) is 14.3. The lowest BCUT2D eigenvalue weighted by atomic mass is 10.2. The van der Waals surface area contributed by atoms with Crippen molar-refractivity contribution in [1.82, 2.24) is 10.3 Å². The van der Waals surface area contributed by atoms with Crippen molar-refractivity contribution < 1.29 is 18.0 Å². The Morgan fingerprint density at radius 1 is 1.15 bits per heavy atom. The van der Waals surface area contributed by atoms with Crippen LogP contribution >= 0.6 is 23.1 Å². The monoisotopic (exact) mass is 421 g/mol. The van der Waals surface area contributed by atoms with Crippen LogP contribution in [0, 0.1) is 0 Å². The van der Waals surface area contributed by atoms with Gasteiger partial charge in [0.25, 0.3) is 5.91 Å². The molecular formula is C17H15N3O4S3. The highest BCUT2D eigenvalue weighted by Crippen LogP contribution is 2.28. The van der Waals surface area contributed by atoms with Gasteiger partial charge >= 0.3 is 6.03 Å². The number of carbonyl (C=O) groups is 2. The zero-order valence-corrected chi connectivity index (χ0v) is 16.8. The van der Waals surface area contributed by atoms with E-state index >= 15 is 0 Å². The predicted octanol–water partition coefficient (Wildman–Crippen LogP) is 3.38. The predicted molar refractivity (Wildman–Crippen MR) is 107 cm³/mol. The third kappa shape index (κ3) is 4.46. The summed E-state index contributed by atoms with van der Waals surface area (Å²) in [7, 11) is -3.33. The molecule has 0 saturated carbocycles. The van der Waals surface area contributed by atoms with Gasteiger partial charge in [-0.05, 0) is 36.6 Å². The molecule has 0 saturated heterocycles. The molecule has 7 nitrogen and oxygen atoms in total. The number of thiazole rings is 1. The Bertz CT molecular complexity index is 1140. The van der Waals surface area contributed by atoms with Crippen molar-refractivity contribution in [3.05, 3.63) is 48.0 Å². The first-order chi connectivity index (χ1) is 12.8. The maximum absolute atomic E-state index is 12.3. The molecule has 3 rings (SSSR count). The first-order valence-electron chi connectivity index (χ1n) is 7.64. The van der Waals surface area contributed by atoms with Crippen molar-refractivity contribution in [2.75, 3.05) is 17.8 Å². The number of imide groups is 1. The van der Waals surface area contributed by atoms with Crippen LogP contribution in [0.3, 0.4) is 0 Å². The van der Waals surface area contributed by atoms with E-state index in [-0.39, 0.29) is 10.0 Å². The largest absolute Gasteiger partial charge is 0.327 e. The molecule has 0 fully saturated rings. The van der Waals surface area contributed by atoms with Crippen LogP contribution in [-0.4, -0.2) is 37.9 Å². The average molecular weight is 422 g/mol. The minimum absolute atomic E-state index is 0.179. The van der Waals surface area contributed by atoms with Gasteiger partial charge in [-0.2, -0.15) is 0 Å². The summed E-state index contributed by atoms with van der Waals surface area (Å²) < 4.78 is 23.9. The Kier molecular flexibility index (Phi) is 5.49. The number of carbonyl (C=O) groups excluding carboxylic acids is 2. The van der Waals surface area contributed by atoms with Gasteiger partial charge < -0.3 is 0 Å². The Labute approximate surface area is 164 Å². The van der Waals surface area contributed by atoms with E-state index in [1.807, 2.05) is 12.3 Å². The number of thioether (sulfide) groups is 1. The summed E-state index contributed by atoms with van der Waals surface area (Å²) in [6.07, 6.45) is 2.97. The summed E-state index contributed by atoms with van der Waals surface area (Å²) >= 11 is 2.53. The highest BCUT2D eigenvalue weighted by Gasteiger charge is 2.16. The average Bonchev–Trinajstić information content (AvgIpc) is 3.01. The molecule has 140 valence electrons. The fourth-order valence-corrected chi connectivity index (χ4v) is 4.54. The number of anilines is 1. The fraction of sp³-hybridized carbons (Fsp3) is 0.118. The molecule has 0 bridgehead atoms. The molecule has 3 amide bonds. The van der Waals surface area contributed by atoms with E-state index in [1.165, 1.54) is 23.9 Å². The normalized spacial score (nSPS) is 11.3. The Hall–Kier alpha value is -2.43. The van der Waals surface area contributed by atoms with Crippen LogP contribution in [-0.2, 0) is 9.84 Å². The van der Waals surface area contributed by atoms with Gasteiger partial charge in [0.05, 0.1) is 20.7 Å². The molecule has 0 spiro atoms. The third-order valence-corrected chi connectivity index (χ3v) is 6.43. The number of nitrogens with one attached hydrogen (secondary N) is 2. The van der Waals surface area contributed by atoms with Gasteiger partial charge in [0.2, 0.25) is 0 Å². The minimum Gasteiger partial charge on any atom is -0.283 e. The second-order valence-corrected chi connectivity index (χ2v) is 9.42. The first-order valence-corrected chi connectivity index (χ1v) is 11.6. The summed E-state index contributed by atoms with van der Waals surface area (Å²) in [5, 5.41) is 5.04. The molecule has 0 atom stereocenters. The highest BCUT2D eigenvalue weighted by molar-refractivity contribution is 7.98. The van der Waals surface area contributed by atoms with Crippen LogP contribution in [0.1, 0.15) is 10.4 Å². The quantitative estimate of drug-likeness (QED) is 0.626. The molecular weight excluding hydrogens is 406 g/mol. The maximum atomic E-state index is 12.3. The van der Waals surface area contributed by atoms with Crippen molar-refractivity contribution in [3.63, 3.8) is 0 Å². The molecule has 0 aliphatic carbocycles. The third-order valence-electron chi connectivity index (χ3n) is 3.59. The standard InChI is InChI=1S/C17H15N3O4S3/c1-25-13-6-4-3-5-11(13)15(21)19-16(22)20-17-18-12-8-7-10(27(2,23)24)9-14(12)26-17/h3-9H,1-2H3,(H2,18,19,20,21,22). The molecule has 0 unspecified atom stereocenters. The second-order valence-electron chi connectivity index (χ2n) is 5.53. The van der Waals surface area contributed by atoms with Crippen molar-refractivity contribution in [3.8, 4) is 0 Å². The summed E-state index contributed by atoms with van der Waals surface area (Å²) in [5.74, 6) is -0.516. The van der Waals surface area contributed by atoms with Crippen LogP contribution in [0.2, 0.25) is 0 Å². The summed E-state index contributed by atoms with van der Waals surface area (Å²) in [5.41, 5.74) is 0.962. The lowest BCUT2D eigenvalue weighted by molar-refractivity contribution is 0.0964. The van der Waals surface area contributed by atoms with E-state index in [1.54, 1.807) is 24.3 Å². The van der Waals surface area contributed by atoms with Crippen LogP contribution in [0.4, 0.5) is 9.93 Å². The number of fused-ring (bicyclic) bond motifs is 1. The molecule has 0 aliphatic rings. The van der Waals surface area contributed by atoms with Crippen LogP contribution < -0.4 is 10.6 Å². The van der Waals surface area contributed by atoms with Crippen molar-refractivity contribution in [2.45, 2.75) is 9.79 Å². The number of sulfone groups is 1. The van der Waals surface area contributed by atoms with E-state index in [0.29, 0.717) is 15.8 Å². The van der Waals surface area contributed by atoms with Crippen molar-refractivity contribution in [1.29, 1.82) is 0 Å². The Morgan fingerprint density at radius 3 is 2.59 bits per heavy atom. The molecule has 0 aliphatic heterocycles. The zero-order chi connectivity index (χ0) is 19.6. The number of rotatable bonds is 4. The van der Waals surface area contributed by atoms with Crippen LogP contribution in [0.5, 0.6) is 0 Å².